The van der Waals surface area contributed by atoms with Crippen molar-refractivity contribution in [3.05, 3.63) is 42.5 Å². The molecule has 0 spiro atoms. The monoisotopic (exact) mass is 504 g/mol. The SMILES string of the molecule is CCCCCCCCCCCCCCCCCCOP(=O)(CC)OOc1cccc2ccccc12. The molecule has 0 fully saturated rings. The topological polar surface area (TPSA) is 44.8 Å². The summed E-state index contributed by atoms with van der Waals surface area (Å²) in [5, 5.41) is 1.98. The number of unbranched alkanes of at least 4 members (excludes halogenated alkanes) is 15. The van der Waals surface area contributed by atoms with E-state index in [2.05, 4.69) is 6.92 Å². The van der Waals surface area contributed by atoms with E-state index in [1.54, 1.807) is 6.92 Å². The van der Waals surface area contributed by atoms with Crippen molar-refractivity contribution in [1.82, 2.24) is 0 Å². The molecule has 0 saturated heterocycles. The number of rotatable bonds is 22. The van der Waals surface area contributed by atoms with Crippen molar-refractivity contribution in [1.29, 1.82) is 0 Å². The second-order valence-electron chi connectivity index (χ2n) is 9.70. The summed E-state index contributed by atoms with van der Waals surface area (Å²) in [4.78, 5) is 5.47. The van der Waals surface area contributed by atoms with Crippen LogP contribution in [0.1, 0.15) is 117 Å². The average Bonchev–Trinajstić information content (AvgIpc) is 2.89. The van der Waals surface area contributed by atoms with Crippen LogP contribution in [0.3, 0.4) is 0 Å². The highest BCUT2D eigenvalue weighted by atomic mass is 31.2. The normalized spacial score (nSPS) is 13.2. The molecule has 0 amide bonds. The molecular weight excluding hydrogens is 455 g/mol. The van der Waals surface area contributed by atoms with Crippen molar-refractivity contribution in [3.63, 3.8) is 0 Å². The lowest BCUT2D eigenvalue weighted by Gasteiger charge is -2.16. The van der Waals surface area contributed by atoms with Crippen LogP contribution in [-0.2, 0) is 13.8 Å². The first-order valence-electron chi connectivity index (χ1n) is 14.3. The summed E-state index contributed by atoms with van der Waals surface area (Å²) in [7, 11) is -3.26. The van der Waals surface area contributed by atoms with Gasteiger partial charge in [-0.25, -0.2) is 0 Å². The van der Waals surface area contributed by atoms with Crippen molar-refractivity contribution in [2.24, 2.45) is 0 Å². The fourth-order valence-corrected chi connectivity index (χ4v) is 5.32. The molecule has 0 aliphatic carbocycles. The number of benzene rings is 2. The minimum Gasteiger partial charge on any atom is -0.328 e. The van der Waals surface area contributed by atoms with Crippen LogP contribution in [-0.4, -0.2) is 12.8 Å². The molecule has 2 rings (SSSR count). The summed E-state index contributed by atoms with van der Waals surface area (Å²) in [6.45, 7) is 4.53. The molecule has 0 bridgehead atoms. The van der Waals surface area contributed by atoms with Gasteiger partial charge in [0.05, 0.1) is 12.8 Å². The van der Waals surface area contributed by atoms with Gasteiger partial charge in [-0.1, -0.05) is 151 Å². The standard InChI is InChI=1S/C30H49O4P/c1-3-5-6-7-8-9-10-11-12-13-14-15-16-17-18-21-27-32-35(31,4-2)34-33-30-26-22-24-28-23-19-20-25-29(28)30/h19-20,22-26H,3-18,21,27H2,1-2H3. The van der Waals surface area contributed by atoms with Crippen molar-refractivity contribution < 1.29 is 18.7 Å². The van der Waals surface area contributed by atoms with Gasteiger partial charge in [-0.3, -0.25) is 4.57 Å². The summed E-state index contributed by atoms with van der Waals surface area (Å²) >= 11 is 0. The van der Waals surface area contributed by atoms with E-state index in [1.807, 2.05) is 42.5 Å². The van der Waals surface area contributed by atoms with Crippen molar-refractivity contribution >= 4 is 18.4 Å². The predicted octanol–water partition coefficient (Wildman–Crippen LogP) is 10.6. The van der Waals surface area contributed by atoms with E-state index in [0.29, 0.717) is 12.4 Å². The lowest BCUT2D eigenvalue weighted by atomic mass is 10.0. The third-order valence-corrected chi connectivity index (χ3v) is 8.32. The maximum absolute atomic E-state index is 12.9. The number of hydrogen-bond acceptors (Lipinski definition) is 4. The second-order valence-corrected chi connectivity index (χ2v) is 12.0. The van der Waals surface area contributed by atoms with E-state index >= 15 is 0 Å². The molecule has 0 N–H and O–H groups in total. The highest BCUT2D eigenvalue weighted by Gasteiger charge is 2.24. The number of fused-ring (bicyclic) bond motifs is 1. The van der Waals surface area contributed by atoms with Gasteiger partial charge in [0.1, 0.15) is 0 Å². The third kappa shape index (κ3) is 13.0. The Morgan fingerprint density at radius 1 is 0.629 bits per heavy atom. The quantitative estimate of drug-likeness (QED) is 0.0692. The molecule has 0 aliphatic rings. The first-order chi connectivity index (χ1) is 17.2. The summed E-state index contributed by atoms with van der Waals surface area (Å²) in [6.07, 6.45) is 21.5. The molecule has 0 saturated carbocycles. The molecule has 1 unspecified atom stereocenters. The Hall–Kier alpha value is -1.35. The average molecular weight is 505 g/mol. The molecule has 1 atom stereocenters. The molecule has 5 heteroatoms. The molecule has 35 heavy (non-hydrogen) atoms. The fourth-order valence-electron chi connectivity index (χ4n) is 4.38. The molecule has 0 heterocycles. The Bertz CT molecular complexity index is 833. The maximum atomic E-state index is 12.9. The van der Waals surface area contributed by atoms with Crippen molar-refractivity contribution in [2.45, 2.75) is 117 Å². The number of hydrogen-bond donors (Lipinski definition) is 0. The van der Waals surface area contributed by atoms with Crippen LogP contribution >= 0.6 is 7.60 Å². The van der Waals surface area contributed by atoms with Crippen molar-refractivity contribution in [2.75, 3.05) is 12.8 Å². The van der Waals surface area contributed by atoms with E-state index in [9.17, 15) is 4.57 Å². The zero-order chi connectivity index (χ0) is 25.0. The van der Waals surface area contributed by atoms with Crippen molar-refractivity contribution in [3.8, 4) is 5.75 Å². The van der Waals surface area contributed by atoms with Gasteiger partial charge in [-0.15, -0.1) is 0 Å². The highest BCUT2D eigenvalue weighted by molar-refractivity contribution is 7.53. The van der Waals surface area contributed by atoms with Gasteiger partial charge in [0.25, 0.3) is 0 Å². The molecule has 4 nitrogen and oxygen atoms in total. The Morgan fingerprint density at radius 3 is 1.71 bits per heavy atom. The van der Waals surface area contributed by atoms with E-state index in [-0.39, 0.29) is 6.16 Å². The van der Waals surface area contributed by atoms with Gasteiger partial charge >= 0.3 is 7.60 Å². The van der Waals surface area contributed by atoms with Crippen LogP contribution in [0.4, 0.5) is 0 Å². The Labute approximate surface area is 214 Å². The molecule has 2 aromatic rings. The molecule has 0 aliphatic heterocycles. The van der Waals surface area contributed by atoms with Gasteiger partial charge in [0.2, 0.25) is 0 Å². The van der Waals surface area contributed by atoms with Crippen LogP contribution in [0.5, 0.6) is 5.75 Å². The molecule has 0 aromatic heterocycles. The molecule has 198 valence electrons. The maximum Gasteiger partial charge on any atom is 0.368 e. The summed E-state index contributed by atoms with van der Waals surface area (Å²) < 4.78 is 23.9. The van der Waals surface area contributed by atoms with Gasteiger partial charge in [-0.05, 0) is 17.9 Å². The largest absolute Gasteiger partial charge is 0.368 e. The smallest absolute Gasteiger partial charge is 0.328 e. The van der Waals surface area contributed by atoms with E-state index in [1.165, 1.54) is 89.9 Å². The minimum atomic E-state index is -3.26. The summed E-state index contributed by atoms with van der Waals surface area (Å²) in [5.41, 5.74) is 0. The zero-order valence-electron chi connectivity index (χ0n) is 22.3. The van der Waals surface area contributed by atoms with Gasteiger partial charge in [0, 0.05) is 5.39 Å². The Balaban J connectivity index is 1.45. The predicted molar refractivity (Wildman–Crippen MR) is 149 cm³/mol. The van der Waals surface area contributed by atoms with Gasteiger partial charge in [-0.2, -0.15) is 0 Å². The highest BCUT2D eigenvalue weighted by Crippen LogP contribution is 2.48. The van der Waals surface area contributed by atoms with E-state index in [4.69, 9.17) is 14.1 Å². The van der Waals surface area contributed by atoms with E-state index in [0.717, 1.165) is 23.6 Å². The van der Waals surface area contributed by atoms with Crippen LogP contribution in [0, 0.1) is 0 Å². The third-order valence-electron chi connectivity index (χ3n) is 6.66. The Morgan fingerprint density at radius 2 is 1.14 bits per heavy atom. The molecular formula is C30H49O4P. The van der Waals surface area contributed by atoms with E-state index < -0.39 is 7.60 Å². The minimum absolute atomic E-state index is 0.288. The van der Waals surface area contributed by atoms with Crippen LogP contribution < -0.4 is 4.89 Å². The lowest BCUT2D eigenvalue weighted by Crippen LogP contribution is -2.03. The second kappa shape index (κ2) is 18.9. The Kier molecular flexibility index (Phi) is 16.1. The van der Waals surface area contributed by atoms with Gasteiger partial charge in [0.15, 0.2) is 5.75 Å². The first-order valence-corrected chi connectivity index (χ1v) is 16.0. The van der Waals surface area contributed by atoms with Crippen LogP contribution in [0.2, 0.25) is 0 Å². The first kappa shape index (κ1) is 29.9. The zero-order valence-corrected chi connectivity index (χ0v) is 23.2. The fraction of sp³-hybridized carbons (Fsp3) is 0.667. The summed E-state index contributed by atoms with van der Waals surface area (Å²) in [5.74, 6) is 0.558. The molecule has 0 radical (unpaired) electrons. The van der Waals surface area contributed by atoms with Crippen LogP contribution in [0.15, 0.2) is 42.5 Å². The lowest BCUT2D eigenvalue weighted by molar-refractivity contribution is -0.111. The van der Waals surface area contributed by atoms with Gasteiger partial charge < -0.3 is 9.41 Å². The summed E-state index contributed by atoms with van der Waals surface area (Å²) in [6, 6.07) is 13.6. The van der Waals surface area contributed by atoms with Crippen LogP contribution in [0.25, 0.3) is 10.8 Å². The molecule has 2 aromatic carbocycles.